The van der Waals surface area contributed by atoms with E-state index in [1.807, 2.05) is 11.0 Å². The molecule has 0 saturated carbocycles. The van der Waals surface area contributed by atoms with Crippen LogP contribution in [0.5, 0.6) is 0 Å². The molecule has 1 aromatic heterocycles. The molecule has 7 heteroatoms. The van der Waals surface area contributed by atoms with Gasteiger partial charge in [0, 0.05) is 25.7 Å². The van der Waals surface area contributed by atoms with Crippen molar-refractivity contribution in [1.29, 1.82) is 0 Å². The molecule has 2 atom stereocenters. The first kappa shape index (κ1) is 16.9. The van der Waals surface area contributed by atoms with Crippen molar-refractivity contribution in [3.8, 4) is 0 Å². The maximum Gasteiger partial charge on any atom is 0.420 e. The summed E-state index contributed by atoms with van der Waals surface area (Å²) in [6.07, 6.45) is 2.69. The number of para-hydroxylation sites is 2. The Morgan fingerprint density at radius 3 is 2.81 bits per heavy atom. The molecule has 3 aliphatic heterocycles. The summed E-state index contributed by atoms with van der Waals surface area (Å²) >= 11 is 0. The molecule has 3 aliphatic rings. The lowest BCUT2D eigenvalue weighted by Crippen LogP contribution is -2.48. The zero-order valence-corrected chi connectivity index (χ0v) is 14.9. The molecule has 3 saturated heterocycles. The van der Waals surface area contributed by atoms with Gasteiger partial charge in [-0.15, -0.1) is 0 Å². The minimum Gasteiger partial charge on any atom is -0.408 e. The van der Waals surface area contributed by atoms with Crippen LogP contribution in [0.2, 0.25) is 0 Å². The molecule has 2 bridgehead atoms. The Morgan fingerprint density at radius 1 is 1.19 bits per heavy atom. The van der Waals surface area contributed by atoms with E-state index in [4.69, 9.17) is 4.42 Å². The zero-order chi connectivity index (χ0) is 18.3. The fourth-order valence-corrected chi connectivity index (χ4v) is 4.18. The standard InChI is InChI=1S/C19H23N3O4/c1-2-9-21-14-8-7-13(18(21)24)10-20(11-14)17(23)12-22-15-5-3-4-6-16(15)26-19(22)25/h3-6,13-14H,2,7-12H2,1H3/t13-,14+/m1/s1. The van der Waals surface area contributed by atoms with Gasteiger partial charge in [0.05, 0.1) is 11.4 Å². The van der Waals surface area contributed by atoms with E-state index >= 15 is 0 Å². The number of amides is 2. The lowest BCUT2D eigenvalue weighted by molar-refractivity contribution is -0.139. The Bertz CT molecular complexity index is 900. The van der Waals surface area contributed by atoms with Crippen LogP contribution in [0, 0.1) is 5.92 Å². The third-order valence-corrected chi connectivity index (χ3v) is 5.48. The molecule has 0 unspecified atom stereocenters. The number of hydrogen-bond acceptors (Lipinski definition) is 4. The van der Waals surface area contributed by atoms with Gasteiger partial charge in [-0.3, -0.25) is 14.2 Å². The summed E-state index contributed by atoms with van der Waals surface area (Å²) in [6.45, 7) is 3.74. The Balaban J connectivity index is 1.56. The average molecular weight is 357 g/mol. The molecule has 7 nitrogen and oxygen atoms in total. The first-order chi connectivity index (χ1) is 12.6. The zero-order valence-electron chi connectivity index (χ0n) is 14.9. The van der Waals surface area contributed by atoms with Crippen LogP contribution < -0.4 is 5.76 Å². The van der Waals surface area contributed by atoms with E-state index in [2.05, 4.69) is 6.92 Å². The summed E-state index contributed by atoms with van der Waals surface area (Å²) in [4.78, 5) is 41.3. The second-order valence-electron chi connectivity index (χ2n) is 7.18. The van der Waals surface area contributed by atoms with Gasteiger partial charge >= 0.3 is 5.76 Å². The van der Waals surface area contributed by atoms with Crippen molar-refractivity contribution in [2.75, 3.05) is 19.6 Å². The van der Waals surface area contributed by atoms with E-state index in [0.29, 0.717) is 24.2 Å². The van der Waals surface area contributed by atoms with Crippen LogP contribution in [0.1, 0.15) is 26.2 Å². The van der Waals surface area contributed by atoms with Gasteiger partial charge in [0.2, 0.25) is 11.8 Å². The van der Waals surface area contributed by atoms with Crippen molar-refractivity contribution in [2.45, 2.75) is 38.8 Å². The molecular formula is C19H23N3O4. The molecule has 0 radical (unpaired) electrons. The molecule has 5 rings (SSSR count). The number of hydrogen-bond donors (Lipinski definition) is 0. The van der Waals surface area contributed by atoms with Crippen LogP contribution >= 0.6 is 0 Å². The number of carbonyl (C=O) groups excluding carboxylic acids is 2. The highest BCUT2D eigenvalue weighted by atomic mass is 16.4. The number of fused-ring (bicyclic) bond motifs is 5. The SMILES string of the molecule is CCCN1C(=O)[C@@H]2CC[C@H]1CN(C(=O)Cn1c(=O)oc3ccccc31)C2. The summed E-state index contributed by atoms with van der Waals surface area (Å²) in [7, 11) is 0. The number of carbonyl (C=O) groups is 2. The van der Waals surface area contributed by atoms with Crippen LogP contribution in [0.4, 0.5) is 0 Å². The van der Waals surface area contributed by atoms with Crippen LogP contribution in [0.25, 0.3) is 11.1 Å². The average Bonchev–Trinajstić information content (AvgIpc) is 2.78. The molecule has 0 aliphatic carbocycles. The number of nitrogens with zero attached hydrogens (tertiary/aromatic N) is 3. The number of rotatable bonds is 4. The Morgan fingerprint density at radius 2 is 2.00 bits per heavy atom. The van der Waals surface area contributed by atoms with Gasteiger partial charge in [0.15, 0.2) is 5.58 Å². The van der Waals surface area contributed by atoms with Crippen molar-refractivity contribution < 1.29 is 14.0 Å². The number of oxazole rings is 1. The smallest absolute Gasteiger partial charge is 0.408 e. The van der Waals surface area contributed by atoms with E-state index < -0.39 is 5.76 Å². The van der Waals surface area contributed by atoms with Crippen molar-refractivity contribution in [1.82, 2.24) is 14.4 Å². The summed E-state index contributed by atoms with van der Waals surface area (Å²) in [5, 5.41) is 0. The van der Waals surface area contributed by atoms with Crippen molar-refractivity contribution in [2.24, 2.45) is 5.92 Å². The van der Waals surface area contributed by atoms with Gasteiger partial charge in [0.25, 0.3) is 0 Å². The second kappa shape index (κ2) is 6.63. The van der Waals surface area contributed by atoms with Crippen molar-refractivity contribution >= 4 is 22.9 Å². The monoisotopic (exact) mass is 357 g/mol. The second-order valence-corrected chi connectivity index (χ2v) is 7.18. The highest BCUT2D eigenvalue weighted by Gasteiger charge is 2.41. The molecule has 26 heavy (non-hydrogen) atoms. The Kier molecular flexibility index (Phi) is 4.30. The van der Waals surface area contributed by atoms with Crippen LogP contribution in [-0.2, 0) is 16.1 Å². The molecule has 4 heterocycles. The van der Waals surface area contributed by atoms with Gasteiger partial charge in [0.1, 0.15) is 6.54 Å². The number of benzene rings is 1. The van der Waals surface area contributed by atoms with Crippen LogP contribution in [-0.4, -0.2) is 51.9 Å². The molecule has 2 amide bonds. The first-order valence-corrected chi connectivity index (χ1v) is 9.25. The number of aromatic nitrogens is 1. The quantitative estimate of drug-likeness (QED) is 0.830. The Labute approximate surface area is 151 Å². The van der Waals surface area contributed by atoms with Gasteiger partial charge in [-0.1, -0.05) is 19.1 Å². The van der Waals surface area contributed by atoms with Crippen molar-refractivity contribution in [3.63, 3.8) is 0 Å². The molecule has 1 aromatic carbocycles. The van der Waals surface area contributed by atoms with E-state index in [9.17, 15) is 14.4 Å². The van der Waals surface area contributed by atoms with E-state index in [1.165, 1.54) is 4.57 Å². The Hall–Kier alpha value is -2.57. The minimum atomic E-state index is -0.527. The third-order valence-electron chi connectivity index (χ3n) is 5.48. The fraction of sp³-hybridized carbons (Fsp3) is 0.526. The van der Waals surface area contributed by atoms with E-state index in [0.717, 1.165) is 25.8 Å². The predicted molar refractivity (Wildman–Crippen MR) is 95.6 cm³/mol. The molecule has 138 valence electrons. The lowest BCUT2D eigenvalue weighted by Gasteiger charge is -2.35. The first-order valence-electron chi connectivity index (χ1n) is 9.25. The van der Waals surface area contributed by atoms with Gasteiger partial charge < -0.3 is 14.2 Å². The van der Waals surface area contributed by atoms with E-state index in [1.54, 1.807) is 23.1 Å². The number of piperidine rings is 1. The molecule has 0 N–H and O–H groups in total. The van der Waals surface area contributed by atoms with Gasteiger partial charge in [-0.2, -0.15) is 0 Å². The highest BCUT2D eigenvalue weighted by Crippen LogP contribution is 2.29. The highest BCUT2D eigenvalue weighted by molar-refractivity contribution is 5.84. The normalized spacial score (nSPS) is 22.9. The maximum absolute atomic E-state index is 12.9. The van der Waals surface area contributed by atoms with Gasteiger partial charge in [-0.25, -0.2) is 4.79 Å². The summed E-state index contributed by atoms with van der Waals surface area (Å²) in [6, 6.07) is 7.17. The third kappa shape index (κ3) is 2.81. The largest absolute Gasteiger partial charge is 0.420 e. The molecule has 0 spiro atoms. The fourth-order valence-electron chi connectivity index (χ4n) is 4.18. The summed E-state index contributed by atoms with van der Waals surface area (Å²) in [5.74, 6) is -0.617. The molecule has 2 aromatic rings. The van der Waals surface area contributed by atoms with Gasteiger partial charge in [-0.05, 0) is 31.4 Å². The summed E-state index contributed by atoms with van der Waals surface area (Å²) in [5.41, 5.74) is 1.10. The van der Waals surface area contributed by atoms with E-state index in [-0.39, 0.29) is 30.3 Å². The summed E-state index contributed by atoms with van der Waals surface area (Å²) < 4.78 is 6.58. The van der Waals surface area contributed by atoms with Crippen LogP contribution in [0.15, 0.2) is 33.5 Å². The minimum absolute atomic E-state index is 0.0583. The topological polar surface area (TPSA) is 75.8 Å². The lowest BCUT2D eigenvalue weighted by atomic mass is 9.94. The molecule has 3 fully saturated rings. The van der Waals surface area contributed by atoms with Crippen molar-refractivity contribution in [3.05, 3.63) is 34.8 Å². The maximum atomic E-state index is 12.9. The molecular weight excluding hydrogens is 334 g/mol. The predicted octanol–water partition coefficient (Wildman–Crippen LogP) is 1.45. The van der Waals surface area contributed by atoms with Crippen LogP contribution in [0.3, 0.4) is 0 Å².